The van der Waals surface area contributed by atoms with E-state index in [0.717, 1.165) is 25.3 Å². The number of carbonyl (C=O) groups is 2. The fraction of sp³-hybridized carbons (Fsp3) is 0.500. The molecule has 1 rings (SSSR count). The molecule has 0 radical (unpaired) electrons. The molecule has 1 atom stereocenters. The zero-order chi connectivity index (χ0) is 13.2. The second-order valence-corrected chi connectivity index (χ2v) is 3.73. The Labute approximate surface area is 106 Å². The zero-order valence-corrected chi connectivity index (χ0v) is 10.2. The highest BCUT2D eigenvalue weighted by Gasteiger charge is 2.15. The predicted octanol–water partition coefficient (Wildman–Crippen LogP) is 1.06. The van der Waals surface area contributed by atoms with Crippen molar-refractivity contribution < 1.29 is 19.1 Å². The molecule has 1 aliphatic rings. The fourth-order valence-electron chi connectivity index (χ4n) is 1.42. The molecule has 0 spiro atoms. The van der Waals surface area contributed by atoms with Gasteiger partial charge in [-0.2, -0.15) is 0 Å². The lowest BCUT2D eigenvalue weighted by atomic mass is 10.2. The van der Waals surface area contributed by atoms with Gasteiger partial charge in [0.1, 0.15) is 12.8 Å². The van der Waals surface area contributed by atoms with Gasteiger partial charge >= 0.3 is 12.0 Å². The number of ether oxygens (including phenoxy) is 2. The molecule has 0 saturated carbocycles. The number of urea groups is 1. The van der Waals surface area contributed by atoms with Crippen molar-refractivity contribution in [1.29, 1.82) is 0 Å². The Kier molecular flexibility index (Phi) is 6.56. The van der Waals surface area contributed by atoms with Crippen LogP contribution in [0.25, 0.3) is 0 Å². The van der Waals surface area contributed by atoms with Gasteiger partial charge in [0.05, 0.1) is 0 Å². The summed E-state index contributed by atoms with van der Waals surface area (Å²) in [5, 5.41) is 5.04. The lowest BCUT2D eigenvalue weighted by Gasteiger charge is -2.23. The van der Waals surface area contributed by atoms with Crippen molar-refractivity contribution in [2.45, 2.75) is 25.5 Å². The highest BCUT2D eigenvalue weighted by molar-refractivity contribution is 5.83. The minimum absolute atomic E-state index is 0.144. The molecule has 6 heteroatoms. The van der Waals surface area contributed by atoms with Crippen molar-refractivity contribution in [3.8, 4) is 0 Å². The Morgan fingerprint density at radius 2 is 2.28 bits per heavy atom. The van der Waals surface area contributed by atoms with Crippen molar-refractivity contribution >= 4 is 12.0 Å². The average Bonchev–Trinajstić information content (AvgIpc) is 2.37. The smallest absolute Gasteiger partial charge is 0.332 e. The lowest BCUT2D eigenvalue weighted by molar-refractivity contribution is -0.136. The normalized spacial score (nSPS) is 19.2. The molecule has 1 fully saturated rings. The van der Waals surface area contributed by atoms with Crippen molar-refractivity contribution in [3.63, 3.8) is 0 Å². The molecule has 0 aromatic rings. The summed E-state index contributed by atoms with van der Waals surface area (Å²) in [7, 11) is 0. The molecule has 1 heterocycles. The van der Waals surface area contributed by atoms with E-state index in [1.54, 1.807) is 0 Å². The van der Waals surface area contributed by atoms with E-state index in [2.05, 4.69) is 21.9 Å². The number of nitrogens with one attached hydrogen (secondary N) is 2. The molecule has 0 aromatic carbocycles. The van der Waals surface area contributed by atoms with Crippen LogP contribution in [0.15, 0.2) is 24.9 Å². The minimum atomic E-state index is -0.538. The average molecular weight is 254 g/mol. The highest BCUT2D eigenvalue weighted by Crippen LogP contribution is 2.09. The SMILES string of the molecule is C=CCOC(=O)C=CNC(=O)NC1CCCCO1. The van der Waals surface area contributed by atoms with Gasteiger partial charge in [-0.15, -0.1) is 0 Å². The van der Waals surface area contributed by atoms with Crippen LogP contribution >= 0.6 is 0 Å². The predicted molar refractivity (Wildman–Crippen MR) is 65.6 cm³/mol. The first-order chi connectivity index (χ1) is 8.72. The van der Waals surface area contributed by atoms with Gasteiger partial charge in [0.15, 0.2) is 0 Å². The summed E-state index contributed by atoms with van der Waals surface area (Å²) in [5.74, 6) is -0.538. The molecular weight excluding hydrogens is 236 g/mol. The standard InChI is InChI=1S/C12H18N2O4/c1-2-8-18-11(15)6-7-13-12(16)14-10-5-3-4-9-17-10/h2,6-7,10H,1,3-5,8-9H2,(H2,13,14,16). The summed E-state index contributed by atoms with van der Waals surface area (Å²) in [6.07, 6.45) is 6.43. The summed E-state index contributed by atoms with van der Waals surface area (Å²) >= 11 is 0. The molecule has 0 aliphatic carbocycles. The molecule has 2 amide bonds. The number of rotatable bonds is 5. The van der Waals surface area contributed by atoms with Crippen molar-refractivity contribution in [2.75, 3.05) is 13.2 Å². The van der Waals surface area contributed by atoms with Crippen LogP contribution in [0.2, 0.25) is 0 Å². The molecule has 1 saturated heterocycles. The van der Waals surface area contributed by atoms with Crippen LogP contribution in [-0.4, -0.2) is 31.4 Å². The largest absolute Gasteiger partial charge is 0.458 e. The number of carbonyl (C=O) groups excluding carboxylic acids is 2. The van der Waals surface area contributed by atoms with Crippen LogP contribution in [0.5, 0.6) is 0 Å². The van der Waals surface area contributed by atoms with Crippen LogP contribution in [0.4, 0.5) is 4.79 Å². The van der Waals surface area contributed by atoms with Gasteiger partial charge in [-0.3, -0.25) is 0 Å². The van der Waals surface area contributed by atoms with Crippen LogP contribution in [0.1, 0.15) is 19.3 Å². The Morgan fingerprint density at radius 1 is 1.44 bits per heavy atom. The van der Waals surface area contributed by atoms with E-state index in [4.69, 9.17) is 4.74 Å². The third-order valence-corrected chi connectivity index (χ3v) is 2.25. The molecule has 0 bridgehead atoms. The van der Waals surface area contributed by atoms with Crippen LogP contribution in [0, 0.1) is 0 Å². The van der Waals surface area contributed by atoms with Gasteiger partial charge in [-0.05, 0) is 19.3 Å². The second kappa shape index (κ2) is 8.30. The molecule has 18 heavy (non-hydrogen) atoms. The molecule has 100 valence electrons. The van der Waals surface area contributed by atoms with Gasteiger partial charge in [-0.1, -0.05) is 12.7 Å². The van der Waals surface area contributed by atoms with Gasteiger partial charge < -0.3 is 20.1 Å². The van der Waals surface area contributed by atoms with E-state index in [1.807, 2.05) is 0 Å². The summed E-state index contributed by atoms with van der Waals surface area (Å²) < 4.78 is 10.0. The first kappa shape index (κ1) is 14.2. The molecular formula is C12H18N2O4. The van der Waals surface area contributed by atoms with Crippen LogP contribution in [-0.2, 0) is 14.3 Å². The van der Waals surface area contributed by atoms with Crippen molar-refractivity contribution in [3.05, 3.63) is 24.9 Å². The van der Waals surface area contributed by atoms with E-state index >= 15 is 0 Å². The first-order valence-corrected chi connectivity index (χ1v) is 5.85. The third kappa shape index (κ3) is 6.05. The van der Waals surface area contributed by atoms with E-state index in [0.29, 0.717) is 6.61 Å². The van der Waals surface area contributed by atoms with Gasteiger partial charge in [0.25, 0.3) is 0 Å². The number of amides is 2. The summed E-state index contributed by atoms with van der Waals surface area (Å²) in [4.78, 5) is 22.4. The molecule has 1 aliphatic heterocycles. The van der Waals surface area contributed by atoms with E-state index in [-0.39, 0.29) is 12.8 Å². The monoisotopic (exact) mass is 254 g/mol. The maximum absolute atomic E-state index is 11.4. The van der Waals surface area contributed by atoms with Crippen molar-refractivity contribution in [1.82, 2.24) is 10.6 Å². The third-order valence-electron chi connectivity index (χ3n) is 2.25. The van der Waals surface area contributed by atoms with Gasteiger partial charge in [0, 0.05) is 18.9 Å². The van der Waals surface area contributed by atoms with E-state index in [9.17, 15) is 9.59 Å². The number of esters is 1. The molecule has 6 nitrogen and oxygen atoms in total. The van der Waals surface area contributed by atoms with Crippen LogP contribution in [0.3, 0.4) is 0 Å². The first-order valence-electron chi connectivity index (χ1n) is 5.85. The van der Waals surface area contributed by atoms with E-state index in [1.165, 1.54) is 12.3 Å². The molecule has 1 unspecified atom stereocenters. The zero-order valence-electron chi connectivity index (χ0n) is 10.2. The van der Waals surface area contributed by atoms with Crippen LogP contribution < -0.4 is 10.6 Å². The highest BCUT2D eigenvalue weighted by atomic mass is 16.5. The molecule has 2 N–H and O–H groups in total. The fourth-order valence-corrected chi connectivity index (χ4v) is 1.42. The maximum atomic E-state index is 11.4. The number of hydrogen-bond donors (Lipinski definition) is 2. The number of hydrogen-bond acceptors (Lipinski definition) is 4. The topological polar surface area (TPSA) is 76.7 Å². The molecule has 0 aromatic heterocycles. The van der Waals surface area contributed by atoms with Gasteiger partial charge in [-0.25, -0.2) is 9.59 Å². The maximum Gasteiger partial charge on any atom is 0.332 e. The Morgan fingerprint density at radius 3 is 2.94 bits per heavy atom. The second-order valence-electron chi connectivity index (χ2n) is 3.73. The summed E-state index contributed by atoms with van der Waals surface area (Å²) in [6, 6.07) is -0.408. The Balaban J connectivity index is 2.17. The lowest BCUT2D eigenvalue weighted by Crippen LogP contribution is -2.43. The quantitative estimate of drug-likeness (QED) is 0.437. The van der Waals surface area contributed by atoms with Gasteiger partial charge in [0.2, 0.25) is 0 Å². The minimum Gasteiger partial charge on any atom is -0.458 e. The Bertz CT molecular complexity index is 322. The van der Waals surface area contributed by atoms with E-state index < -0.39 is 12.0 Å². The summed E-state index contributed by atoms with van der Waals surface area (Å²) in [6.45, 7) is 4.22. The summed E-state index contributed by atoms with van der Waals surface area (Å²) in [5.41, 5.74) is 0. The van der Waals surface area contributed by atoms with Crippen molar-refractivity contribution in [2.24, 2.45) is 0 Å². The Hall–Kier alpha value is -1.82.